The second kappa shape index (κ2) is 7.27. The molecular formula is C18H21N4O3S+. The number of hydrazine groups is 1. The summed E-state index contributed by atoms with van der Waals surface area (Å²) in [5, 5.41) is 5.42. The first-order valence-electron chi connectivity index (χ1n) is 8.25. The average molecular weight is 373 g/mol. The number of carbonyl (C=O) groups excluding carboxylic acids is 3. The molecule has 136 valence electrons. The lowest BCUT2D eigenvalue weighted by molar-refractivity contribution is -0.885. The summed E-state index contributed by atoms with van der Waals surface area (Å²) < 4.78 is 0. The number of thiophene rings is 1. The first kappa shape index (κ1) is 18.1. The molecule has 2 heterocycles. The van der Waals surface area contributed by atoms with Crippen LogP contribution in [0.3, 0.4) is 0 Å². The number of hydrogen-bond donors (Lipinski definition) is 3. The molecule has 2 aromatic rings. The Hall–Kier alpha value is -2.71. The van der Waals surface area contributed by atoms with Gasteiger partial charge in [0.15, 0.2) is 6.54 Å². The van der Waals surface area contributed by atoms with E-state index in [0.29, 0.717) is 12.1 Å². The highest BCUT2D eigenvalue weighted by Gasteiger charge is 2.50. The van der Waals surface area contributed by atoms with Crippen molar-refractivity contribution in [2.75, 3.05) is 13.6 Å². The maximum atomic E-state index is 12.7. The minimum absolute atomic E-state index is 0.150. The molecule has 7 nitrogen and oxygen atoms in total. The molecule has 1 saturated heterocycles. The molecule has 3 rings (SSSR count). The number of urea groups is 1. The molecule has 8 heteroatoms. The highest BCUT2D eigenvalue weighted by atomic mass is 32.1. The summed E-state index contributed by atoms with van der Waals surface area (Å²) in [5.74, 6) is -0.891. The predicted molar refractivity (Wildman–Crippen MR) is 97.1 cm³/mol. The van der Waals surface area contributed by atoms with E-state index in [0.717, 1.165) is 9.91 Å². The van der Waals surface area contributed by atoms with E-state index in [1.165, 1.54) is 4.88 Å². The van der Waals surface area contributed by atoms with Crippen LogP contribution in [-0.2, 0) is 21.7 Å². The number of benzene rings is 1. The van der Waals surface area contributed by atoms with Crippen molar-refractivity contribution in [3.8, 4) is 0 Å². The van der Waals surface area contributed by atoms with E-state index >= 15 is 0 Å². The third-order valence-electron chi connectivity index (χ3n) is 4.30. The third kappa shape index (κ3) is 3.61. The Morgan fingerprint density at radius 3 is 2.62 bits per heavy atom. The summed E-state index contributed by atoms with van der Waals surface area (Å²) in [7, 11) is 1.89. The Morgan fingerprint density at radius 1 is 1.23 bits per heavy atom. The molecule has 0 saturated carbocycles. The smallest absolute Gasteiger partial charge is 0.325 e. The van der Waals surface area contributed by atoms with Gasteiger partial charge in [-0.1, -0.05) is 36.4 Å². The normalized spacial score (nSPS) is 20.8. The lowest BCUT2D eigenvalue weighted by Gasteiger charge is -2.22. The van der Waals surface area contributed by atoms with Crippen LogP contribution in [-0.4, -0.2) is 36.4 Å². The SMILES string of the molecule is C[NH+](CC(=O)NN1C(=O)N[C@](C)(c2ccccc2)C1=O)Cc1cccs1. The molecule has 1 aliphatic heterocycles. The minimum Gasteiger partial charge on any atom is -0.325 e. The van der Waals surface area contributed by atoms with Crippen molar-refractivity contribution in [3.63, 3.8) is 0 Å². The van der Waals surface area contributed by atoms with Gasteiger partial charge in [0.05, 0.1) is 11.9 Å². The Kier molecular flexibility index (Phi) is 5.06. The molecule has 0 spiro atoms. The summed E-state index contributed by atoms with van der Waals surface area (Å²) in [6.45, 7) is 2.48. The van der Waals surface area contributed by atoms with Gasteiger partial charge in [0.1, 0.15) is 12.1 Å². The van der Waals surface area contributed by atoms with Gasteiger partial charge in [-0.05, 0) is 23.9 Å². The highest BCUT2D eigenvalue weighted by molar-refractivity contribution is 7.09. The lowest BCUT2D eigenvalue weighted by atomic mass is 9.92. The van der Waals surface area contributed by atoms with E-state index in [1.54, 1.807) is 42.5 Å². The summed E-state index contributed by atoms with van der Waals surface area (Å²) in [6, 6.07) is 12.3. The standard InChI is InChI=1S/C18H20N4O3S/c1-18(13-7-4-3-5-8-13)16(24)22(17(25)19-18)20-15(23)12-21(2)11-14-9-6-10-26-14/h3-10H,11-12H2,1-2H3,(H,19,25)(H,20,23)/p+1/t18-/m1/s1. The van der Waals surface area contributed by atoms with Crippen LogP contribution < -0.4 is 15.6 Å². The van der Waals surface area contributed by atoms with E-state index < -0.39 is 17.5 Å². The fourth-order valence-corrected chi connectivity index (χ4v) is 3.74. The van der Waals surface area contributed by atoms with Gasteiger partial charge in [-0.15, -0.1) is 11.3 Å². The van der Waals surface area contributed by atoms with Crippen molar-refractivity contribution in [1.82, 2.24) is 15.8 Å². The van der Waals surface area contributed by atoms with Crippen LogP contribution in [0.4, 0.5) is 4.79 Å². The monoisotopic (exact) mass is 373 g/mol. The number of likely N-dealkylation sites (N-methyl/N-ethyl adjacent to an activating group) is 1. The number of amides is 4. The van der Waals surface area contributed by atoms with E-state index in [9.17, 15) is 14.4 Å². The lowest BCUT2D eigenvalue weighted by Crippen LogP contribution is -3.09. The van der Waals surface area contributed by atoms with Crippen LogP contribution in [0, 0.1) is 0 Å². The molecule has 0 bridgehead atoms. The van der Waals surface area contributed by atoms with E-state index in [1.807, 2.05) is 30.6 Å². The Bertz CT molecular complexity index is 809. The quantitative estimate of drug-likeness (QED) is 0.636. The minimum atomic E-state index is -1.19. The fraction of sp³-hybridized carbons (Fsp3) is 0.278. The molecule has 1 aromatic heterocycles. The molecule has 2 atom stereocenters. The van der Waals surface area contributed by atoms with Gasteiger partial charge in [-0.3, -0.25) is 15.0 Å². The number of imide groups is 1. The maximum absolute atomic E-state index is 12.7. The topological polar surface area (TPSA) is 82.9 Å². The summed E-state index contributed by atoms with van der Waals surface area (Å²) in [6.07, 6.45) is 0. The number of nitrogens with one attached hydrogen (secondary N) is 3. The molecule has 1 unspecified atom stereocenters. The molecule has 26 heavy (non-hydrogen) atoms. The first-order valence-corrected chi connectivity index (χ1v) is 9.13. The summed E-state index contributed by atoms with van der Waals surface area (Å²) >= 11 is 1.63. The Labute approximate surface area is 155 Å². The van der Waals surface area contributed by atoms with Gasteiger partial charge >= 0.3 is 6.03 Å². The van der Waals surface area contributed by atoms with Crippen LogP contribution in [0.15, 0.2) is 47.8 Å². The van der Waals surface area contributed by atoms with Gasteiger partial charge in [0.2, 0.25) is 0 Å². The van der Waals surface area contributed by atoms with Crippen LogP contribution in [0.5, 0.6) is 0 Å². The maximum Gasteiger partial charge on any atom is 0.344 e. The molecule has 1 aliphatic rings. The molecule has 3 N–H and O–H groups in total. The Balaban J connectivity index is 1.63. The van der Waals surface area contributed by atoms with Crippen molar-refractivity contribution in [1.29, 1.82) is 0 Å². The van der Waals surface area contributed by atoms with Crippen LogP contribution in [0.2, 0.25) is 0 Å². The van der Waals surface area contributed by atoms with Crippen LogP contribution >= 0.6 is 11.3 Å². The van der Waals surface area contributed by atoms with Crippen molar-refractivity contribution in [3.05, 3.63) is 58.3 Å². The Morgan fingerprint density at radius 2 is 1.96 bits per heavy atom. The zero-order chi connectivity index (χ0) is 18.7. The average Bonchev–Trinajstić information content (AvgIpc) is 3.18. The third-order valence-corrected chi connectivity index (χ3v) is 5.17. The first-order chi connectivity index (χ1) is 12.4. The molecule has 0 aliphatic carbocycles. The van der Waals surface area contributed by atoms with Gasteiger partial charge in [0, 0.05) is 0 Å². The van der Waals surface area contributed by atoms with Crippen molar-refractivity contribution >= 4 is 29.2 Å². The zero-order valence-corrected chi connectivity index (χ0v) is 15.4. The molecule has 0 radical (unpaired) electrons. The van der Waals surface area contributed by atoms with Crippen molar-refractivity contribution in [2.24, 2.45) is 0 Å². The second-order valence-electron chi connectivity index (χ2n) is 6.49. The van der Waals surface area contributed by atoms with Gasteiger partial charge in [0.25, 0.3) is 11.8 Å². The van der Waals surface area contributed by atoms with Gasteiger partial charge in [-0.25, -0.2) is 4.79 Å². The number of nitrogens with zero attached hydrogens (tertiary/aromatic N) is 1. The van der Waals surface area contributed by atoms with Crippen molar-refractivity contribution < 1.29 is 19.3 Å². The van der Waals surface area contributed by atoms with E-state index in [2.05, 4.69) is 10.7 Å². The fourth-order valence-electron chi connectivity index (χ4n) is 2.92. The highest BCUT2D eigenvalue weighted by Crippen LogP contribution is 2.27. The molecule has 4 amide bonds. The molecular weight excluding hydrogens is 352 g/mol. The second-order valence-corrected chi connectivity index (χ2v) is 7.52. The largest absolute Gasteiger partial charge is 0.344 e. The van der Waals surface area contributed by atoms with E-state index in [4.69, 9.17) is 0 Å². The number of quaternary nitrogens is 1. The number of hydrogen-bond acceptors (Lipinski definition) is 4. The van der Waals surface area contributed by atoms with E-state index in [-0.39, 0.29) is 12.5 Å². The number of rotatable bonds is 6. The molecule has 1 fully saturated rings. The van der Waals surface area contributed by atoms with Crippen LogP contribution in [0.1, 0.15) is 17.4 Å². The predicted octanol–water partition coefficient (Wildman–Crippen LogP) is 0.261. The molecule has 1 aromatic carbocycles. The van der Waals surface area contributed by atoms with Gasteiger partial charge in [-0.2, -0.15) is 5.01 Å². The van der Waals surface area contributed by atoms with Crippen molar-refractivity contribution in [2.45, 2.75) is 19.0 Å². The van der Waals surface area contributed by atoms with Crippen LogP contribution in [0.25, 0.3) is 0 Å². The zero-order valence-electron chi connectivity index (χ0n) is 14.6. The number of carbonyl (C=O) groups is 3. The summed E-state index contributed by atoms with van der Waals surface area (Å²) in [4.78, 5) is 39.4. The van der Waals surface area contributed by atoms with Gasteiger partial charge < -0.3 is 10.2 Å². The summed E-state index contributed by atoms with van der Waals surface area (Å²) in [5.41, 5.74) is 1.90.